The Morgan fingerprint density at radius 3 is 2.41 bits per heavy atom. The van der Waals surface area contributed by atoms with Crippen LogP contribution in [-0.2, 0) is 22.9 Å². The number of aryl methyl sites for hydroxylation is 1. The van der Waals surface area contributed by atoms with E-state index in [4.69, 9.17) is 4.74 Å². The minimum absolute atomic E-state index is 0.116. The molecule has 8 heteroatoms. The summed E-state index contributed by atoms with van der Waals surface area (Å²) in [4.78, 5) is 12.4. The molecule has 168 valence electrons. The largest absolute Gasteiger partial charge is 0.495 e. The highest BCUT2D eigenvalue weighted by Gasteiger charge is 2.22. The lowest BCUT2D eigenvalue weighted by molar-refractivity contribution is 0.0953. The van der Waals surface area contributed by atoms with Crippen LogP contribution in [0.3, 0.4) is 0 Å². The maximum Gasteiger partial charge on any atom is 0.265 e. The Hall–Kier alpha value is -3.39. The third-order valence-corrected chi connectivity index (χ3v) is 6.37. The Bertz CT molecular complexity index is 1190. The fourth-order valence-corrected chi connectivity index (χ4v) is 4.42. The van der Waals surface area contributed by atoms with Gasteiger partial charge in [0.25, 0.3) is 15.9 Å². The van der Waals surface area contributed by atoms with Crippen LogP contribution < -0.4 is 14.8 Å². The van der Waals surface area contributed by atoms with Crippen LogP contribution in [0.5, 0.6) is 5.75 Å². The Labute approximate surface area is 187 Å². The van der Waals surface area contributed by atoms with Crippen LogP contribution in [0.15, 0.2) is 71.6 Å². The predicted octanol–water partition coefficient (Wildman–Crippen LogP) is 4.17. The van der Waals surface area contributed by atoms with Gasteiger partial charge < -0.3 is 10.1 Å². The van der Waals surface area contributed by atoms with Crippen molar-refractivity contribution in [1.82, 2.24) is 5.32 Å². The van der Waals surface area contributed by atoms with Gasteiger partial charge in [-0.2, -0.15) is 0 Å². The molecule has 3 aromatic rings. The van der Waals surface area contributed by atoms with Gasteiger partial charge in [-0.25, -0.2) is 12.8 Å². The summed E-state index contributed by atoms with van der Waals surface area (Å²) in [5, 5.41) is 2.69. The number of benzene rings is 3. The number of hydrogen-bond acceptors (Lipinski definition) is 4. The molecule has 0 atom stereocenters. The van der Waals surface area contributed by atoms with Gasteiger partial charge in [0.15, 0.2) is 0 Å². The van der Waals surface area contributed by atoms with Crippen molar-refractivity contribution in [2.75, 3.05) is 18.4 Å². The van der Waals surface area contributed by atoms with Gasteiger partial charge in [0.05, 0.1) is 7.11 Å². The summed E-state index contributed by atoms with van der Waals surface area (Å²) in [6.07, 6.45) is 1.16. The maximum absolute atomic E-state index is 13.7. The Morgan fingerprint density at radius 2 is 1.75 bits per heavy atom. The third kappa shape index (κ3) is 5.64. The van der Waals surface area contributed by atoms with E-state index in [0.29, 0.717) is 17.7 Å². The molecule has 6 nitrogen and oxygen atoms in total. The smallest absolute Gasteiger partial charge is 0.265 e. The molecule has 0 saturated carbocycles. The highest BCUT2D eigenvalue weighted by molar-refractivity contribution is 7.92. The molecule has 0 aromatic heterocycles. The highest BCUT2D eigenvalue weighted by Crippen LogP contribution is 2.27. The number of halogens is 1. The van der Waals surface area contributed by atoms with Gasteiger partial charge in [-0.15, -0.1) is 0 Å². The van der Waals surface area contributed by atoms with Gasteiger partial charge >= 0.3 is 0 Å². The maximum atomic E-state index is 13.7. The first kappa shape index (κ1) is 23.3. The summed E-state index contributed by atoms with van der Waals surface area (Å²) >= 11 is 0. The Morgan fingerprint density at radius 1 is 1.03 bits per heavy atom. The summed E-state index contributed by atoms with van der Waals surface area (Å²) in [5.74, 6) is -0.684. The van der Waals surface area contributed by atoms with Crippen molar-refractivity contribution < 1.29 is 22.3 Å². The lowest BCUT2D eigenvalue weighted by Crippen LogP contribution is -2.26. The molecule has 0 saturated heterocycles. The normalized spacial score (nSPS) is 11.1. The van der Waals surface area contributed by atoms with Crippen molar-refractivity contribution in [1.29, 1.82) is 0 Å². The molecule has 3 aromatic carbocycles. The lowest BCUT2D eigenvalue weighted by Gasteiger charge is -2.13. The first-order valence-electron chi connectivity index (χ1n) is 10.2. The summed E-state index contributed by atoms with van der Waals surface area (Å²) in [6, 6.07) is 17.6. The molecule has 1 amide bonds. The highest BCUT2D eigenvalue weighted by atomic mass is 32.2. The van der Waals surface area contributed by atoms with Gasteiger partial charge in [0.2, 0.25) is 0 Å². The van der Waals surface area contributed by atoms with E-state index in [1.54, 1.807) is 30.3 Å². The molecule has 0 fully saturated rings. The summed E-state index contributed by atoms with van der Waals surface area (Å²) in [6.45, 7) is 2.22. The van der Waals surface area contributed by atoms with E-state index < -0.39 is 15.9 Å². The van der Waals surface area contributed by atoms with Gasteiger partial charge in [-0.05, 0) is 60.4 Å². The number of rotatable bonds is 9. The number of nitrogens with one attached hydrogen (secondary N) is 2. The van der Waals surface area contributed by atoms with E-state index in [2.05, 4.69) is 10.0 Å². The fourth-order valence-electron chi connectivity index (χ4n) is 3.16. The second-order valence-electron chi connectivity index (χ2n) is 7.12. The molecular weight excluding hydrogens is 431 g/mol. The van der Waals surface area contributed by atoms with E-state index in [0.717, 1.165) is 12.0 Å². The van der Waals surface area contributed by atoms with Crippen LogP contribution in [0.1, 0.15) is 28.4 Å². The second kappa shape index (κ2) is 10.3. The number of methoxy groups -OCH3 is 1. The number of amides is 1. The molecule has 0 bridgehead atoms. The van der Waals surface area contributed by atoms with Gasteiger partial charge in [0.1, 0.15) is 16.5 Å². The molecule has 2 N–H and O–H groups in total. The zero-order chi connectivity index (χ0) is 23.1. The average Bonchev–Trinajstić information content (AvgIpc) is 2.80. The number of hydrogen-bond donors (Lipinski definition) is 2. The number of ether oxygens (including phenoxy) is 1. The van der Waals surface area contributed by atoms with Crippen LogP contribution >= 0.6 is 0 Å². The minimum Gasteiger partial charge on any atom is -0.495 e. The van der Waals surface area contributed by atoms with E-state index in [-0.39, 0.29) is 28.6 Å². The predicted molar refractivity (Wildman–Crippen MR) is 122 cm³/mol. The molecule has 0 radical (unpaired) electrons. The summed E-state index contributed by atoms with van der Waals surface area (Å²) in [7, 11) is -2.65. The zero-order valence-corrected chi connectivity index (χ0v) is 18.7. The monoisotopic (exact) mass is 456 g/mol. The van der Waals surface area contributed by atoms with Crippen molar-refractivity contribution in [3.8, 4) is 5.75 Å². The number of sulfonamides is 1. The van der Waals surface area contributed by atoms with Gasteiger partial charge in [0, 0.05) is 17.8 Å². The molecular formula is C24H25FN2O4S. The molecule has 3 rings (SSSR count). The van der Waals surface area contributed by atoms with Crippen LogP contribution in [0, 0.1) is 5.82 Å². The summed E-state index contributed by atoms with van der Waals surface area (Å²) < 4.78 is 47.4. The quantitative estimate of drug-likeness (QED) is 0.506. The molecule has 0 spiro atoms. The van der Waals surface area contributed by atoms with Gasteiger partial charge in [-0.3, -0.25) is 9.52 Å². The van der Waals surface area contributed by atoms with E-state index in [9.17, 15) is 17.6 Å². The van der Waals surface area contributed by atoms with Crippen molar-refractivity contribution in [3.05, 3.63) is 89.2 Å². The zero-order valence-electron chi connectivity index (χ0n) is 17.9. The Balaban J connectivity index is 1.76. The molecule has 32 heavy (non-hydrogen) atoms. The second-order valence-corrected chi connectivity index (χ2v) is 8.77. The van der Waals surface area contributed by atoms with Crippen LogP contribution in [0.4, 0.5) is 10.1 Å². The van der Waals surface area contributed by atoms with Crippen molar-refractivity contribution in [2.24, 2.45) is 0 Å². The fraction of sp³-hybridized carbons (Fsp3) is 0.208. The standard InChI is InChI=1S/C24H25FN2O4S/c1-3-17-8-11-20(12-9-17)27-32(29,30)23-16-19(10-13-22(23)31-2)24(28)26-15-14-18-6-4-5-7-21(18)25/h4-13,16,27H,3,14-15H2,1-2H3,(H,26,28). The van der Waals surface area contributed by atoms with E-state index in [1.165, 1.54) is 31.4 Å². The van der Waals surface area contributed by atoms with Crippen LogP contribution in [0.2, 0.25) is 0 Å². The van der Waals surface area contributed by atoms with Crippen molar-refractivity contribution >= 4 is 21.6 Å². The molecule has 0 unspecified atom stereocenters. The first-order valence-corrected chi connectivity index (χ1v) is 11.6. The number of anilines is 1. The van der Waals surface area contributed by atoms with Gasteiger partial charge in [-0.1, -0.05) is 37.3 Å². The number of carbonyl (C=O) groups excluding carboxylic acids is 1. The summed E-state index contributed by atoms with van der Waals surface area (Å²) in [5.41, 5.74) is 2.13. The third-order valence-electron chi connectivity index (χ3n) is 4.97. The minimum atomic E-state index is -4.01. The lowest BCUT2D eigenvalue weighted by atomic mass is 10.1. The first-order chi connectivity index (χ1) is 15.3. The van der Waals surface area contributed by atoms with Crippen LogP contribution in [-0.4, -0.2) is 28.0 Å². The molecule has 0 aliphatic carbocycles. The molecule has 0 aliphatic rings. The van der Waals surface area contributed by atoms with E-state index in [1.807, 2.05) is 19.1 Å². The molecule has 0 heterocycles. The van der Waals surface area contributed by atoms with Crippen molar-refractivity contribution in [2.45, 2.75) is 24.7 Å². The van der Waals surface area contributed by atoms with E-state index >= 15 is 0 Å². The number of carbonyl (C=O) groups is 1. The van der Waals surface area contributed by atoms with Crippen molar-refractivity contribution in [3.63, 3.8) is 0 Å². The molecule has 0 aliphatic heterocycles. The Kier molecular flexibility index (Phi) is 7.48. The van der Waals surface area contributed by atoms with Crippen LogP contribution in [0.25, 0.3) is 0 Å². The average molecular weight is 457 g/mol. The topological polar surface area (TPSA) is 84.5 Å². The SMILES string of the molecule is CCc1ccc(NS(=O)(=O)c2cc(C(=O)NCCc3ccccc3F)ccc2OC)cc1.